The topological polar surface area (TPSA) is 73.8 Å². The summed E-state index contributed by atoms with van der Waals surface area (Å²) in [7, 11) is -0.595. The quantitative estimate of drug-likeness (QED) is 0.614. The second-order valence-electron chi connectivity index (χ2n) is 7.17. The van der Waals surface area contributed by atoms with Crippen molar-refractivity contribution in [3.63, 3.8) is 0 Å². The van der Waals surface area contributed by atoms with E-state index in [1.54, 1.807) is 23.1 Å². The third kappa shape index (κ3) is 3.78. The van der Waals surface area contributed by atoms with Gasteiger partial charge in [-0.25, -0.2) is 22.1 Å². The number of carbonyl (C=O) groups is 1. The summed E-state index contributed by atoms with van der Waals surface area (Å²) in [5, 5.41) is 0.750. The Morgan fingerprint density at radius 1 is 1.07 bits per heavy atom. The van der Waals surface area contributed by atoms with E-state index in [0.29, 0.717) is 37.3 Å². The Kier molecular flexibility index (Phi) is 5.48. The minimum absolute atomic E-state index is 0.140. The largest absolute Gasteiger partial charge is 0.345 e. The van der Waals surface area contributed by atoms with E-state index in [1.807, 2.05) is 6.07 Å². The molecule has 1 fully saturated rings. The zero-order chi connectivity index (χ0) is 21.5. The van der Waals surface area contributed by atoms with Crippen molar-refractivity contribution in [2.45, 2.75) is 4.90 Å². The molecule has 0 spiro atoms. The summed E-state index contributed by atoms with van der Waals surface area (Å²) < 4.78 is 40.2. The molecule has 2 aromatic carbocycles. The molecule has 0 unspecified atom stereocenters. The molecule has 2 heterocycles. The van der Waals surface area contributed by atoms with Crippen LogP contribution >= 0.6 is 11.3 Å². The van der Waals surface area contributed by atoms with Crippen molar-refractivity contribution >= 4 is 42.6 Å². The number of amides is 1. The SMILES string of the molecule is CN(C)S(=O)(=O)c1ccc(C(=O)N2CCN(c3nc4c(F)cccc4s3)CC2)cc1. The molecule has 1 aliphatic rings. The maximum atomic E-state index is 13.9. The number of anilines is 1. The molecule has 0 bridgehead atoms. The van der Waals surface area contributed by atoms with E-state index in [1.165, 1.54) is 43.6 Å². The van der Waals surface area contributed by atoms with Crippen molar-refractivity contribution in [1.29, 1.82) is 0 Å². The van der Waals surface area contributed by atoms with Crippen LogP contribution in [0.5, 0.6) is 0 Å². The second kappa shape index (κ2) is 7.93. The molecule has 0 radical (unpaired) electrons. The first-order chi connectivity index (χ1) is 14.3. The Morgan fingerprint density at radius 2 is 1.73 bits per heavy atom. The van der Waals surface area contributed by atoms with Gasteiger partial charge >= 0.3 is 0 Å². The van der Waals surface area contributed by atoms with Crippen LogP contribution in [-0.4, -0.2) is 68.8 Å². The standard InChI is InChI=1S/C20H21FN4O3S2/c1-23(2)30(27,28)15-8-6-14(7-9-15)19(26)24-10-12-25(13-11-24)20-22-18-16(21)4-3-5-17(18)29-20/h3-9H,10-13H2,1-2H3. The average Bonchev–Trinajstić information content (AvgIpc) is 3.19. The molecule has 3 aromatic rings. The average molecular weight is 449 g/mol. The number of rotatable bonds is 4. The molecule has 1 aromatic heterocycles. The summed E-state index contributed by atoms with van der Waals surface area (Å²) in [6, 6.07) is 10.9. The number of aromatic nitrogens is 1. The first kappa shape index (κ1) is 20.7. The fraction of sp³-hybridized carbons (Fsp3) is 0.300. The lowest BCUT2D eigenvalue weighted by atomic mass is 10.2. The van der Waals surface area contributed by atoms with Gasteiger partial charge in [-0.15, -0.1) is 0 Å². The molecule has 1 aliphatic heterocycles. The van der Waals surface area contributed by atoms with Crippen LogP contribution in [0, 0.1) is 5.82 Å². The molecule has 0 atom stereocenters. The summed E-state index contributed by atoms with van der Waals surface area (Å²) in [6.45, 7) is 2.21. The van der Waals surface area contributed by atoms with Crippen LogP contribution in [0.15, 0.2) is 47.4 Å². The third-order valence-electron chi connectivity index (χ3n) is 5.08. The van der Waals surface area contributed by atoms with Crippen molar-refractivity contribution in [3.05, 3.63) is 53.8 Å². The molecule has 0 N–H and O–H groups in total. The minimum Gasteiger partial charge on any atom is -0.345 e. The van der Waals surface area contributed by atoms with Gasteiger partial charge < -0.3 is 9.80 Å². The Bertz CT molecular complexity index is 1180. The zero-order valence-electron chi connectivity index (χ0n) is 16.6. The van der Waals surface area contributed by atoms with Crippen LogP contribution in [0.1, 0.15) is 10.4 Å². The summed E-state index contributed by atoms with van der Waals surface area (Å²) in [5.74, 6) is -0.470. The first-order valence-corrected chi connectivity index (χ1v) is 11.6. The number of piperazine rings is 1. The van der Waals surface area contributed by atoms with E-state index in [9.17, 15) is 17.6 Å². The van der Waals surface area contributed by atoms with E-state index in [4.69, 9.17) is 0 Å². The van der Waals surface area contributed by atoms with Crippen molar-refractivity contribution < 1.29 is 17.6 Å². The zero-order valence-corrected chi connectivity index (χ0v) is 18.2. The molecule has 158 valence electrons. The molecular formula is C20H21FN4O3S2. The van der Waals surface area contributed by atoms with Crippen LogP contribution < -0.4 is 4.90 Å². The lowest BCUT2D eigenvalue weighted by Crippen LogP contribution is -2.48. The van der Waals surface area contributed by atoms with Gasteiger partial charge in [0.1, 0.15) is 11.3 Å². The van der Waals surface area contributed by atoms with Crippen molar-refractivity contribution in [3.8, 4) is 0 Å². The van der Waals surface area contributed by atoms with E-state index in [2.05, 4.69) is 9.88 Å². The highest BCUT2D eigenvalue weighted by Gasteiger charge is 2.25. The molecule has 1 saturated heterocycles. The molecule has 7 nitrogen and oxygen atoms in total. The Morgan fingerprint density at radius 3 is 2.33 bits per heavy atom. The van der Waals surface area contributed by atoms with Crippen LogP contribution in [0.4, 0.5) is 9.52 Å². The van der Waals surface area contributed by atoms with E-state index in [-0.39, 0.29) is 16.6 Å². The molecule has 0 saturated carbocycles. The fourth-order valence-corrected chi connectivity index (χ4v) is 5.24. The monoisotopic (exact) mass is 448 g/mol. The summed E-state index contributed by atoms with van der Waals surface area (Å²) >= 11 is 1.44. The minimum atomic E-state index is -3.53. The maximum absolute atomic E-state index is 13.9. The van der Waals surface area contributed by atoms with Gasteiger partial charge in [0.05, 0.1) is 9.60 Å². The second-order valence-corrected chi connectivity index (χ2v) is 10.3. The highest BCUT2D eigenvalue weighted by molar-refractivity contribution is 7.89. The number of hydrogen-bond donors (Lipinski definition) is 0. The smallest absolute Gasteiger partial charge is 0.253 e. The van der Waals surface area contributed by atoms with Crippen LogP contribution in [0.2, 0.25) is 0 Å². The molecule has 30 heavy (non-hydrogen) atoms. The van der Waals surface area contributed by atoms with Gasteiger partial charge in [0.25, 0.3) is 5.91 Å². The number of para-hydroxylation sites is 1. The van der Waals surface area contributed by atoms with Gasteiger partial charge in [-0.05, 0) is 36.4 Å². The molecule has 0 aliphatic carbocycles. The Labute approximate surface area is 178 Å². The summed E-state index contributed by atoms with van der Waals surface area (Å²) in [4.78, 5) is 21.2. The number of thiazole rings is 1. The lowest BCUT2D eigenvalue weighted by molar-refractivity contribution is 0.0746. The lowest BCUT2D eigenvalue weighted by Gasteiger charge is -2.34. The fourth-order valence-electron chi connectivity index (χ4n) is 3.30. The van der Waals surface area contributed by atoms with Gasteiger partial charge in [-0.1, -0.05) is 17.4 Å². The van der Waals surface area contributed by atoms with Gasteiger partial charge in [0.2, 0.25) is 10.0 Å². The Balaban J connectivity index is 1.43. The third-order valence-corrected chi connectivity index (χ3v) is 7.99. The van der Waals surface area contributed by atoms with Crippen molar-refractivity contribution in [2.24, 2.45) is 0 Å². The number of carbonyl (C=O) groups excluding carboxylic acids is 1. The van der Waals surface area contributed by atoms with Crippen molar-refractivity contribution in [1.82, 2.24) is 14.2 Å². The molecule has 10 heteroatoms. The van der Waals surface area contributed by atoms with Gasteiger partial charge in [-0.2, -0.15) is 0 Å². The predicted octanol–water partition coefficient (Wildman–Crippen LogP) is 2.65. The summed E-state index contributed by atoms with van der Waals surface area (Å²) in [5.41, 5.74) is 0.826. The van der Waals surface area contributed by atoms with Gasteiger partial charge in [-0.3, -0.25) is 4.79 Å². The summed E-state index contributed by atoms with van der Waals surface area (Å²) in [6.07, 6.45) is 0. The molecule has 1 amide bonds. The van der Waals surface area contributed by atoms with Crippen LogP contribution in [-0.2, 0) is 10.0 Å². The Hall–Kier alpha value is -2.56. The highest BCUT2D eigenvalue weighted by Crippen LogP contribution is 2.30. The molecule has 4 rings (SSSR count). The number of halogens is 1. The van der Waals surface area contributed by atoms with Gasteiger partial charge in [0, 0.05) is 45.8 Å². The number of benzene rings is 2. The first-order valence-electron chi connectivity index (χ1n) is 9.39. The maximum Gasteiger partial charge on any atom is 0.253 e. The van der Waals surface area contributed by atoms with E-state index in [0.717, 1.165) is 14.1 Å². The normalized spacial score (nSPS) is 15.2. The number of fused-ring (bicyclic) bond motifs is 1. The van der Waals surface area contributed by atoms with Gasteiger partial charge in [0.15, 0.2) is 5.13 Å². The highest BCUT2D eigenvalue weighted by atomic mass is 32.2. The van der Waals surface area contributed by atoms with E-state index < -0.39 is 10.0 Å². The number of sulfonamides is 1. The van der Waals surface area contributed by atoms with Crippen LogP contribution in [0.25, 0.3) is 10.2 Å². The number of hydrogen-bond acceptors (Lipinski definition) is 6. The van der Waals surface area contributed by atoms with Crippen molar-refractivity contribution in [2.75, 3.05) is 45.2 Å². The predicted molar refractivity (Wildman–Crippen MR) is 115 cm³/mol. The number of nitrogens with zero attached hydrogens (tertiary/aromatic N) is 4. The molecular weight excluding hydrogens is 427 g/mol. The van der Waals surface area contributed by atoms with Crippen LogP contribution in [0.3, 0.4) is 0 Å². The van der Waals surface area contributed by atoms with E-state index >= 15 is 0 Å².